The molecule has 2 aromatic heterocycles. The van der Waals surface area contributed by atoms with E-state index in [0.29, 0.717) is 10.7 Å². The summed E-state index contributed by atoms with van der Waals surface area (Å²) in [5.74, 6) is -0.491. The van der Waals surface area contributed by atoms with Crippen molar-refractivity contribution < 1.29 is 9.53 Å². The number of nitrogens with zero attached hydrogens (tertiary/aromatic N) is 4. The van der Waals surface area contributed by atoms with Gasteiger partial charge in [0.05, 0.1) is 24.2 Å². The molecular weight excluding hydrogens is 398 g/mol. The van der Waals surface area contributed by atoms with Crippen molar-refractivity contribution in [3.05, 3.63) is 83.5 Å². The molecule has 0 aliphatic rings. The summed E-state index contributed by atoms with van der Waals surface area (Å²) in [6.07, 6.45) is 3.28. The maximum atomic E-state index is 12.3. The number of para-hydroxylation sites is 1. The first-order chi connectivity index (χ1) is 14.7. The molecular formula is C22H19N5O2S. The van der Waals surface area contributed by atoms with Gasteiger partial charge in [-0.15, -0.1) is 11.3 Å². The lowest BCUT2D eigenvalue weighted by molar-refractivity contribution is 0.0519. The molecule has 0 saturated carbocycles. The lowest BCUT2D eigenvalue weighted by Crippen LogP contribution is -2.08. The first-order valence-corrected chi connectivity index (χ1v) is 10.2. The third-order valence-electron chi connectivity index (χ3n) is 4.17. The van der Waals surface area contributed by atoms with Crippen LogP contribution in [0.15, 0.2) is 77.3 Å². The molecule has 4 aromatic rings. The Kier molecular flexibility index (Phi) is 5.95. The molecule has 2 aromatic carbocycles. The van der Waals surface area contributed by atoms with E-state index in [-0.39, 0.29) is 12.3 Å². The number of carbonyl (C=O) groups is 1. The van der Waals surface area contributed by atoms with Gasteiger partial charge in [-0.1, -0.05) is 48.5 Å². The van der Waals surface area contributed by atoms with Crippen LogP contribution in [0.5, 0.6) is 0 Å². The van der Waals surface area contributed by atoms with Crippen LogP contribution in [0.2, 0.25) is 0 Å². The molecule has 150 valence electrons. The summed E-state index contributed by atoms with van der Waals surface area (Å²) < 4.78 is 6.76. The smallest absolute Gasteiger partial charge is 0.359 e. The van der Waals surface area contributed by atoms with Crippen LogP contribution < -0.4 is 5.43 Å². The number of benzene rings is 2. The molecule has 0 atom stereocenters. The molecule has 0 fully saturated rings. The Morgan fingerprint density at radius 3 is 2.63 bits per heavy atom. The molecule has 1 N–H and O–H groups in total. The van der Waals surface area contributed by atoms with Crippen molar-refractivity contribution in [2.75, 3.05) is 12.0 Å². The summed E-state index contributed by atoms with van der Waals surface area (Å²) in [6.45, 7) is 2.03. The Balaban J connectivity index is 1.54. The Bertz CT molecular complexity index is 1150. The van der Waals surface area contributed by atoms with E-state index in [4.69, 9.17) is 4.74 Å². The summed E-state index contributed by atoms with van der Waals surface area (Å²) in [4.78, 5) is 16.8. The van der Waals surface area contributed by atoms with Crippen LogP contribution in [0.3, 0.4) is 0 Å². The Labute approximate surface area is 177 Å². The maximum absolute atomic E-state index is 12.3. The fourth-order valence-electron chi connectivity index (χ4n) is 2.78. The molecule has 0 saturated heterocycles. The SMILES string of the molecule is CCOC(=O)c1nn(-c2ccccc2)cc1C=NNc1nc(-c2ccccc2)cs1. The van der Waals surface area contributed by atoms with E-state index in [2.05, 4.69) is 20.6 Å². The predicted octanol–water partition coefficient (Wildman–Crippen LogP) is 4.62. The monoisotopic (exact) mass is 417 g/mol. The van der Waals surface area contributed by atoms with E-state index in [1.54, 1.807) is 24.0 Å². The van der Waals surface area contributed by atoms with Gasteiger partial charge in [-0.05, 0) is 19.1 Å². The number of nitrogens with one attached hydrogen (secondary N) is 1. The lowest BCUT2D eigenvalue weighted by Gasteiger charge is -2.00. The van der Waals surface area contributed by atoms with Crippen molar-refractivity contribution >= 4 is 28.7 Å². The quantitative estimate of drug-likeness (QED) is 0.270. The zero-order valence-corrected chi connectivity index (χ0v) is 17.0. The molecule has 0 radical (unpaired) electrons. The van der Waals surface area contributed by atoms with Crippen molar-refractivity contribution in [3.8, 4) is 16.9 Å². The number of aromatic nitrogens is 3. The van der Waals surface area contributed by atoms with Crippen molar-refractivity contribution in [2.45, 2.75) is 6.92 Å². The second-order valence-corrected chi connectivity index (χ2v) is 7.07. The molecule has 0 aliphatic heterocycles. The van der Waals surface area contributed by atoms with E-state index >= 15 is 0 Å². The summed E-state index contributed by atoms with van der Waals surface area (Å²) in [6, 6.07) is 19.5. The summed E-state index contributed by atoms with van der Waals surface area (Å²) >= 11 is 1.45. The summed E-state index contributed by atoms with van der Waals surface area (Å²) in [7, 11) is 0. The number of ether oxygens (including phenoxy) is 1. The third kappa shape index (κ3) is 4.44. The van der Waals surface area contributed by atoms with Crippen LogP contribution in [0, 0.1) is 0 Å². The molecule has 4 rings (SSSR count). The number of rotatable bonds is 7. The van der Waals surface area contributed by atoms with Crippen molar-refractivity contribution in [2.24, 2.45) is 5.10 Å². The highest BCUT2D eigenvalue weighted by Gasteiger charge is 2.17. The van der Waals surface area contributed by atoms with Gasteiger partial charge in [0.1, 0.15) is 0 Å². The highest BCUT2D eigenvalue weighted by atomic mass is 32.1. The molecule has 0 unspecified atom stereocenters. The number of carbonyl (C=O) groups excluding carboxylic acids is 1. The van der Waals surface area contributed by atoms with Crippen molar-refractivity contribution in [3.63, 3.8) is 0 Å². The highest BCUT2D eigenvalue weighted by molar-refractivity contribution is 7.14. The normalized spacial score (nSPS) is 11.0. The number of hydrogen-bond acceptors (Lipinski definition) is 7. The molecule has 30 heavy (non-hydrogen) atoms. The zero-order valence-electron chi connectivity index (χ0n) is 16.2. The van der Waals surface area contributed by atoms with Crippen LogP contribution in [0.1, 0.15) is 23.0 Å². The van der Waals surface area contributed by atoms with Crippen LogP contribution in [0.25, 0.3) is 16.9 Å². The van der Waals surface area contributed by atoms with Crippen molar-refractivity contribution in [1.82, 2.24) is 14.8 Å². The van der Waals surface area contributed by atoms with E-state index in [1.807, 2.05) is 66.0 Å². The Morgan fingerprint density at radius 2 is 1.90 bits per heavy atom. The van der Waals surface area contributed by atoms with Gasteiger partial charge < -0.3 is 4.74 Å². The minimum absolute atomic E-state index is 0.204. The van der Waals surface area contributed by atoms with Gasteiger partial charge in [0, 0.05) is 22.7 Å². The third-order valence-corrected chi connectivity index (χ3v) is 4.92. The first-order valence-electron chi connectivity index (χ1n) is 9.37. The average Bonchev–Trinajstić information content (AvgIpc) is 3.43. The summed E-state index contributed by atoms with van der Waals surface area (Å²) in [5.41, 5.74) is 6.42. The number of anilines is 1. The Morgan fingerprint density at radius 1 is 1.17 bits per heavy atom. The molecule has 0 bridgehead atoms. The minimum Gasteiger partial charge on any atom is -0.461 e. The number of esters is 1. The van der Waals surface area contributed by atoms with Gasteiger partial charge in [-0.2, -0.15) is 10.2 Å². The molecule has 2 heterocycles. The topological polar surface area (TPSA) is 81.4 Å². The fourth-order valence-corrected chi connectivity index (χ4v) is 3.44. The van der Waals surface area contributed by atoms with E-state index < -0.39 is 5.97 Å². The van der Waals surface area contributed by atoms with Gasteiger partial charge in [-0.25, -0.2) is 14.5 Å². The zero-order chi connectivity index (χ0) is 20.8. The summed E-state index contributed by atoms with van der Waals surface area (Å²) in [5, 5.41) is 11.2. The average molecular weight is 417 g/mol. The van der Waals surface area contributed by atoms with Gasteiger partial charge in [0.2, 0.25) is 5.13 Å². The van der Waals surface area contributed by atoms with Gasteiger partial charge in [-0.3, -0.25) is 5.43 Å². The molecule has 7 nitrogen and oxygen atoms in total. The predicted molar refractivity (Wildman–Crippen MR) is 118 cm³/mol. The minimum atomic E-state index is -0.491. The molecule has 8 heteroatoms. The number of hydrogen-bond donors (Lipinski definition) is 1. The van der Waals surface area contributed by atoms with Gasteiger partial charge in [0.15, 0.2) is 5.69 Å². The molecule has 0 aliphatic carbocycles. The van der Waals surface area contributed by atoms with E-state index in [9.17, 15) is 4.79 Å². The van der Waals surface area contributed by atoms with E-state index in [0.717, 1.165) is 16.9 Å². The molecule has 0 spiro atoms. The maximum Gasteiger partial charge on any atom is 0.359 e. The van der Waals surface area contributed by atoms with Crippen LogP contribution in [0.4, 0.5) is 5.13 Å². The number of hydrazone groups is 1. The molecule has 0 amide bonds. The second-order valence-electron chi connectivity index (χ2n) is 6.21. The number of thiazole rings is 1. The largest absolute Gasteiger partial charge is 0.461 e. The van der Waals surface area contributed by atoms with Gasteiger partial charge in [0.25, 0.3) is 0 Å². The van der Waals surface area contributed by atoms with Gasteiger partial charge >= 0.3 is 5.97 Å². The first kappa shape index (κ1) is 19.5. The lowest BCUT2D eigenvalue weighted by atomic mass is 10.2. The van der Waals surface area contributed by atoms with Crippen LogP contribution >= 0.6 is 11.3 Å². The van der Waals surface area contributed by atoms with Crippen molar-refractivity contribution in [1.29, 1.82) is 0 Å². The highest BCUT2D eigenvalue weighted by Crippen LogP contribution is 2.24. The van der Waals surface area contributed by atoms with Crippen LogP contribution in [-0.4, -0.2) is 33.6 Å². The standard InChI is InChI=1S/C22H19N5O2S/c1-2-29-21(28)20-17(14-27(26-20)18-11-7-4-8-12-18)13-23-25-22-24-19(15-30-22)16-9-5-3-6-10-16/h3-15H,2H2,1H3,(H,24,25). The fraction of sp³-hybridized carbons (Fsp3) is 0.0909. The Hall–Kier alpha value is -3.78. The van der Waals surface area contributed by atoms with Crippen LogP contribution in [-0.2, 0) is 4.74 Å². The van der Waals surface area contributed by atoms with E-state index in [1.165, 1.54) is 11.3 Å². The second kappa shape index (κ2) is 9.15.